The van der Waals surface area contributed by atoms with Crippen LogP contribution >= 0.6 is 12.4 Å². The molecule has 18 heavy (non-hydrogen) atoms. The van der Waals surface area contributed by atoms with Gasteiger partial charge in [0.2, 0.25) is 0 Å². The highest BCUT2D eigenvalue weighted by Crippen LogP contribution is 2.33. The Labute approximate surface area is 111 Å². The molecule has 0 aliphatic heterocycles. The van der Waals surface area contributed by atoms with Crippen LogP contribution in [0.15, 0.2) is 18.2 Å². The quantitative estimate of drug-likeness (QED) is 0.919. The lowest BCUT2D eigenvalue weighted by Crippen LogP contribution is -2.21. The predicted molar refractivity (Wildman–Crippen MR) is 67.2 cm³/mol. The second kappa shape index (κ2) is 6.85. The number of benzene rings is 1. The van der Waals surface area contributed by atoms with Gasteiger partial charge >= 0.3 is 6.18 Å². The third kappa shape index (κ3) is 4.38. The molecule has 1 aromatic carbocycles. The Morgan fingerprint density at radius 1 is 1.33 bits per heavy atom. The van der Waals surface area contributed by atoms with E-state index in [2.05, 4.69) is 0 Å². The van der Waals surface area contributed by atoms with E-state index in [-0.39, 0.29) is 24.2 Å². The minimum atomic E-state index is -4.35. The standard InChI is InChI=1S/C12H16F3NO.ClH/c1-3-10(16)6-8-4-5-9(12(13,14)15)7-11(8)17-2;/h4-5,7,10H,3,6,16H2,1-2H3;1H. The van der Waals surface area contributed by atoms with Crippen molar-refractivity contribution in [1.29, 1.82) is 0 Å². The molecule has 0 amide bonds. The maximum absolute atomic E-state index is 12.5. The van der Waals surface area contributed by atoms with Crippen LogP contribution in [0, 0.1) is 0 Å². The molecule has 0 heterocycles. The first kappa shape index (κ1) is 17.1. The van der Waals surface area contributed by atoms with Gasteiger partial charge in [-0.15, -0.1) is 12.4 Å². The highest BCUT2D eigenvalue weighted by molar-refractivity contribution is 5.85. The highest BCUT2D eigenvalue weighted by Gasteiger charge is 2.31. The highest BCUT2D eigenvalue weighted by atomic mass is 35.5. The molecule has 1 aromatic rings. The summed E-state index contributed by atoms with van der Waals surface area (Å²) in [6.07, 6.45) is -3.07. The van der Waals surface area contributed by atoms with Crippen LogP contribution in [0.5, 0.6) is 5.75 Å². The molecule has 0 saturated carbocycles. The normalized spacial score (nSPS) is 12.8. The summed E-state index contributed by atoms with van der Waals surface area (Å²) < 4.78 is 42.4. The van der Waals surface area contributed by atoms with E-state index in [0.29, 0.717) is 12.0 Å². The maximum atomic E-state index is 12.5. The van der Waals surface area contributed by atoms with E-state index in [1.165, 1.54) is 13.2 Å². The summed E-state index contributed by atoms with van der Waals surface area (Å²) >= 11 is 0. The zero-order chi connectivity index (χ0) is 13.1. The Hall–Kier alpha value is -0.940. The van der Waals surface area contributed by atoms with E-state index in [9.17, 15) is 13.2 Å². The molecule has 6 heteroatoms. The number of hydrogen-bond acceptors (Lipinski definition) is 2. The number of nitrogens with two attached hydrogens (primary N) is 1. The van der Waals surface area contributed by atoms with Crippen LogP contribution in [0.25, 0.3) is 0 Å². The fourth-order valence-corrected chi connectivity index (χ4v) is 1.52. The Kier molecular flexibility index (Phi) is 6.49. The van der Waals surface area contributed by atoms with Gasteiger partial charge in [-0.2, -0.15) is 13.2 Å². The number of rotatable bonds is 4. The molecule has 0 bridgehead atoms. The first-order valence-corrected chi connectivity index (χ1v) is 5.38. The third-order valence-corrected chi connectivity index (χ3v) is 2.62. The van der Waals surface area contributed by atoms with Crippen molar-refractivity contribution in [3.05, 3.63) is 29.3 Å². The third-order valence-electron chi connectivity index (χ3n) is 2.62. The van der Waals surface area contributed by atoms with Crippen molar-refractivity contribution in [2.75, 3.05) is 7.11 Å². The molecule has 0 spiro atoms. The van der Waals surface area contributed by atoms with E-state index in [4.69, 9.17) is 10.5 Å². The summed E-state index contributed by atoms with van der Waals surface area (Å²) in [4.78, 5) is 0. The summed E-state index contributed by atoms with van der Waals surface area (Å²) in [5, 5.41) is 0. The van der Waals surface area contributed by atoms with Crippen molar-refractivity contribution in [3.8, 4) is 5.75 Å². The topological polar surface area (TPSA) is 35.2 Å². The van der Waals surface area contributed by atoms with Crippen molar-refractivity contribution in [2.24, 2.45) is 5.73 Å². The van der Waals surface area contributed by atoms with Gasteiger partial charge in [0.1, 0.15) is 5.75 Å². The van der Waals surface area contributed by atoms with E-state index in [1.54, 1.807) is 0 Å². The molecule has 1 atom stereocenters. The van der Waals surface area contributed by atoms with Crippen molar-refractivity contribution < 1.29 is 17.9 Å². The van der Waals surface area contributed by atoms with E-state index < -0.39 is 11.7 Å². The lowest BCUT2D eigenvalue weighted by atomic mass is 10.0. The fourth-order valence-electron chi connectivity index (χ4n) is 1.52. The molecule has 0 fully saturated rings. The van der Waals surface area contributed by atoms with Crippen LogP contribution in [0.3, 0.4) is 0 Å². The maximum Gasteiger partial charge on any atom is 0.416 e. The number of hydrogen-bond donors (Lipinski definition) is 1. The van der Waals surface area contributed by atoms with Crippen LogP contribution in [0.1, 0.15) is 24.5 Å². The van der Waals surface area contributed by atoms with Crippen molar-refractivity contribution in [1.82, 2.24) is 0 Å². The monoisotopic (exact) mass is 283 g/mol. The van der Waals surface area contributed by atoms with Crippen molar-refractivity contribution in [3.63, 3.8) is 0 Å². The minimum Gasteiger partial charge on any atom is -0.496 e. The van der Waals surface area contributed by atoms with Gasteiger partial charge in [-0.05, 0) is 30.5 Å². The van der Waals surface area contributed by atoms with Gasteiger partial charge in [0.25, 0.3) is 0 Å². The van der Waals surface area contributed by atoms with Gasteiger partial charge in [0.15, 0.2) is 0 Å². The Bertz CT molecular complexity index is 382. The number of alkyl halides is 3. The van der Waals surface area contributed by atoms with Gasteiger partial charge in [0.05, 0.1) is 12.7 Å². The molecule has 104 valence electrons. The largest absolute Gasteiger partial charge is 0.496 e. The average molecular weight is 284 g/mol. The molecule has 0 aliphatic rings. The van der Waals surface area contributed by atoms with Crippen LogP contribution in [0.2, 0.25) is 0 Å². The van der Waals surface area contributed by atoms with E-state index >= 15 is 0 Å². The van der Waals surface area contributed by atoms with Crippen LogP contribution < -0.4 is 10.5 Å². The summed E-state index contributed by atoms with van der Waals surface area (Å²) in [6, 6.07) is 3.43. The molecule has 2 N–H and O–H groups in total. The molecule has 0 aromatic heterocycles. The molecule has 1 unspecified atom stereocenters. The second-order valence-electron chi connectivity index (χ2n) is 3.90. The van der Waals surface area contributed by atoms with Crippen LogP contribution in [0.4, 0.5) is 13.2 Å². The van der Waals surface area contributed by atoms with Gasteiger partial charge in [-0.25, -0.2) is 0 Å². The molecule has 0 radical (unpaired) electrons. The Balaban J connectivity index is 0.00000289. The molecular formula is C12H17ClF3NO. The summed E-state index contributed by atoms with van der Waals surface area (Å²) in [5.41, 5.74) is 5.77. The van der Waals surface area contributed by atoms with Gasteiger partial charge < -0.3 is 10.5 Å². The lowest BCUT2D eigenvalue weighted by Gasteiger charge is -2.15. The summed E-state index contributed by atoms with van der Waals surface area (Å²) in [6.45, 7) is 1.93. The molecule has 2 nitrogen and oxygen atoms in total. The summed E-state index contributed by atoms with van der Waals surface area (Å²) in [7, 11) is 1.36. The minimum absolute atomic E-state index is 0. The molecule has 1 rings (SSSR count). The molecule has 0 saturated heterocycles. The van der Waals surface area contributed by atoms with Gasteiger partial charge in [-0.1, -0.05) is 13.0 Å². The average Bonchev–Trinajstić information content (AvgIpc) is 2.27. The van der Waals surface area contributed by atoms with Gasteiger partial charge in [0, 0.05) is 6.04 Å². The number of halogens is 4. The predicted octanol–water partition coefficient (Wildman–Crippen LogP) is 3.42. The zero-order valence-corrected chi connectivity index (χ0v) is 11.1. The SMILES string of the molecule is CCC(N)Cc1ccc(C(F)(F)F)cc1OC.Cl. The first-order valence-electron chi connectivity index (χ1n) is 5.38. The van der Waals surface area contributed by atoms with E-state index in [0.717, 1.165) is 18.6 Å². The van der Waals surface area contributed by atoms with E-state index in [1.807, 2.05) is 6.92 Å². The number of methoxy groups -OCH3 is 1. The van der Waals surface area contributed by atoms with Crippen molar-refractivity contribution >= 4 is 12.4 Å². The Morgan fingerprint density at radius 2 is 1.94 bits per heavy atom. The zero-order valence-electron chi connectivity index (χ0n) is 10.3. The number of ether oxygens (including phenoxy) is 1. The fraction of sp³-hybridized carbons (Fsp3) is 0.500. The second-order valence-corrected chi connectivity index (χ2v) is 3.90. The Morgan fingerprint density at radius 3 is 2.39 bits per heavy atom. The first-order chi connectivity index (χ1) is 7.88. The lowest BCUT2D eigenvalue weighted by molar-refractivity contribution is -0.137. The van der Waals surface area contributed by atoms with Crippen molar-refractivity contribution in [2.45, 2.75) is 32.0 Å². The van der Waals surface area contributed by atoms with Crippen LogP contribution in [-0.4, -0.2) is 13.2 Å². The smallest absolute Gasteiger partial charge is 0.416 e. The van der Waals surface area contributed by atoms with Crippen LogP contribution in [-0.2, 0) is 12.6 Å². The molecule has 0 aliphatic carbocycles. The molecular weight excluding hydrogens is 267 g/mol. The summed E-state index contributed by atoms with van der Waals surface area (Å²) in [5.74, 6) is 0.240. The van der Waals surface area contributed by atoms with Gasteiger partial charge in [-0.3, -0.25) is 0 Å².